The second-order valence-corrected chi connectivity index (χ2v) is 4.78. The van der Waals surface area contributed by atoms with Crippen LogP contribution in [0.4, 0.5) is 0 Å². The van der Waals surface area contributed by atoms with Gasteiger partial charge in [-0.1, -0.05) is 13.0 Å². The molecule has 1 aromatic rings. The van der Waals surface area contributed by atoms with Crippen LogP contribution in [0.1, 0.15) is 18.9 Å². The molecule has 0 atom stereocenters. The van der Waals surface area contributed by atoms with Crippen LogP contribution in [0.2, 0.25) is 0 Å². The number of sulfone groups is 1. The Balaban J connectivity index is 2.94. The zero-order valence-electron chi connectivity index (χ0n) is 7.69. The SMILES string of the molecule is CC[CH]c1ccc(S(C)(=O)=O)nc1. The van der Waals surface area contributed by atoms with E-state index in [0.717, 1.165) is 18.2 Å². The van der Waals surface area contributed by atoms with Crippen molar-refractivity contribution in [3.05, 3.63) is 30.3 Å². The summed E-state index contributed by atoms with van der Waals surface area (Å²) in [6.45, 7) is 2.02. The number of nitrogens with zero attached hydrogens (tertiary/aromatic N) is 1. The summed E-state index contributed by atoms with van der Waals surface area (Å²) in [5.74, 6) is 0. The van der Waals surface area contributed by atoms with Gasteiger partial charge in [-0.15, -0.1) is 0 Å². The van der Waals surface area contributed by atoms with E-state index in [1.165, 1.54) is 6.07 Å². The molecule has 0 N–H and O–H groups in total. The lowest BCUT2D eigenvalue weighted by molar-refractivity contribution is 0.598. The van der Waals surface area contributed by atoms with Gasteiger partial charge >= 0.3 is 0 Å². The van der Waals surface area contributed by atoms with Gasteiger partial charge in [-0.25, -0.2) is 13.4 Å². The maximum atomic E-state index is 11.0. The quantitative estimate of drug-likeness (QED) is 0.738. The third-order valence-electron chi connectivity index (χ3n) is 1.58. The zero-order valence-corrected chi connectivity index (χ0v) is 8.50. The lowest BCUT2D eigenvalue weighted by Crippen LogP contribution is -2.00. The van der Waals surface area contributed by atoms with Crippen LogP contribution in [0.15, 0.2) is 23.4 Å². The minimum atomic E-state index is -3.16. The Morgan fingerprint density at radius 2 is 2.15 bits per heavy atom. The van der Waals surface area contributed by atoms with Gasteiger partial charge in [0.2, 0.25) is 0 Å². The van der Waals surface area contributed by atoms with Gasteiger partial charge in [-0.2, -0.15) is 0 Å². The molecule has 1 radical (unpaired) electrons. The molecule has 0 aliphatic carbocycles. The molecule has 0 unspecified atom stereocenters. The highest BCUT2D eigenvalue weighted by Gasteiger charge is 2.07. The molecular formula is C9H12NO2S. The van der Waals surface area contributed by atoms with Crippen molar-refractivity contribution in [3.8, 4) is 0 Å². The summed E-state index contributed by atoms with van der Waals surface area (Å²) >= 11 is 0. The number of hydrogen-bond donors (Lipinski definition) is 0. The summed E-state index contributed by atoms with van der Waals surface area (Å²) in [7, 11) is -3.16. The minimum absolute atomic E-state index is 0.126. The van der Waals surface area contributed by atoms with Crippen molar-refractivity contribution >= 4 is 9.84 Å². The predicted molar refractivity (Wildman–Crippen MR) is 51.0 cm³/mol. The zero-order chi connectivity index (χ0) is 9.90. The Labute approximate surface area is 78.7 Å². The molecule has 0 spiro atoms. The number of pyridine rings is 1. The molecule has 0 saturated heterocycles. The summed E-state index contributed by atoms with van der Waals surface area (Å²) in [5, 5.41) is 0.126. The van der Waals surface area contributed by atoms with Gasteiger partial charge in [-0.3, -0.25) is 0 Å². The topological polar surface area (TPSA) is 47.0 Å². The lowest BCUT2D eigenvalue weighted by atomic mass is 10.2. The van der Waals surface area contributed by atoms with Gasteiger partial charge in [0.05, 0.1) is 0 Å². The molecule has 4 heteroatoms. The minimum Gasteiger partial charge on any atom is -0.244 e. The van der Waals surface area contributed by atoms with E-state index >= 15 is 0 Å². The van der Waals surface area contributed by atoms with Crippen LogP contribution in [0, 0.1) is 6.42 Å². The Morgan fingerprint density at radius 3 is 2.54 bits per heavy atom. The smallest absolute Gasteiger partial charge is 0.192 e. The summed E-state index contributed by atoms with van der Waals surface area (Å²) in [6, 6.07) is 3.28. The maximum absolute atomic E-state index is 11.0. The van der Waals surface area contributed by atoms with Crippen LogP contribution in [0.3, 0.4) is 0 Å². The summed E-state index contributed by atoms with van der Waals surface area (Å²) in [5.41, 5.74) is 0.954. The largest absolute Gasteiger partial charge is 0.244 e. The van der Waals surface area contributed by atoms with E-state index in [9.17, 15) is 8.42 Å². The van der Waals surface area contributed by atoms with Gasteiger partial charge in [0.1, 0.15) is 0 Å². The van der Waals surface area contributed by atoms with Gasteiger partial charge in [-0.05, 0) is 24.5 Å². The summed E-state index contributed by atoms with van der Waals surface area (Å²) in [4.78, 5) is 3.85. The molecule has 1 heterocycles. The molecule has 0 aliphatic heterocycles. The highest BCUT2D eigenvalue weighted by molar-refractivity contribution is 7.90. The molecule has 0 saturated carbocycles. The summed E-state index contributed by atoms with van der Waals surface area (Å²) in [6.07, 6.45) is 5.62. The second-order valence-electron chi connectivity index (χ2n) is 2.81. The molecule has 0 fully saturated rings. The van der Waals surface area contributed by atoms with E-state index in [0.29, 0.717) is 0 Å². The molecular weight excluding hydrogens is 186 g/mol. The van der Waals surface area contributed by atoms with Crippen LogP contribution in [0.5, 0.6) is 0 Å². The van der Waals surface area contributed by atoms with Gasteiger partial charge in [0, 0.05) is 12.5 Å². The van der Waals surface area contributed by atoms with Crippen molar-refractivity contribution < 1.29 is 8.42 Å². The first-order valence-electron chi connectivity index (χ1n) is 4.03. The fourth-order valence-electron chi connectivity index (χ4n) is 0.968. The Hall–Kier alpha value is -0.900. The van der Waals surface area contributed by atoms with Crippen LogP contribution < -0.4 is 0 Å². The van der Waals surface area contributed by atoms with Gasteiger partial charge < -0.3 is 0 Å². The average molecular weight is 198 g/mol. The second kappa shape index (κ2) is 3.87. The Morgan fingerprint density at radius 1 is 1.46 bits per heavy atom. The molecule has 13 heavy (non-hydrogen) atoms. The first kappa shape index (κ1) is 10.2. The Kier molecular flexibility index (Phi) is 3.03. The lowest BCUT2D eigenvalue weighted by Gasteiger charge is -1.99. The standard InChI is InChI=1S/C9H12NO2S/c1-3-4-8-5-6-9(10-7-8)13(2,11)12/h4-7H,3H2,1-2H3. The van der Waals surface area contributed by atoms with Gasteiger partial charge in [0.25, 0.3) is 0 Å². The van der Waals surface area contributed by atoms with Gasteiger partial charge in [0.15, 0.2) is 14.9 Å². The van der Waals surface area contributed by atoms with E-state index in [4.69, 9.17) is 0 Å². The third kappa shape index (κ3) is 2.81. The number of aromatic nitrogens is 1. The molecule has 0 bridgehead atoms. The molecule has 3 nitrogen and oxygen atoms in total. The molecule has 71 valence electrons. The van der Waals surface area contributed by atoms with Crippen molar-refractivity contribution in [1.82, 2.24) is 4.98 Å². The van der Waals surface area contributed by atoms with Crippen molar-refractivity contribution in [3.63, 3.8) is 0 Å². The van der Waals surface area contributed by atoms with Crippen molar-refractivity contribution in [2.75, 3.05) is 6.26 Å². The molecule has 0 amide bonds. The molecule has 0 aromatic carbocycles. The van der Waals surface area contributed by atoms with E-state index in [2.05, 4.69) is 4.98 Å². The van der Waals surface area contributed by atoms with E-state index in [1.54, 1.807) is 12.3 Å². The molecule has 1 aromatic heterocycles. The summed E-state index contributed by atoms with van der Waals surface area (Å²) < 4.78 is 22.1. The third-order valence-corrected chi connectivity index (χ3v) is 2.58. The molecule has 1 rings (SSSR count). The normalized spacial score (nSPS) is 11.5. The van der Waals surface area contributed by atoms with E-state index < -0.39 is 9.84 Å². The van der Waals surface area contributed by atoms with Crippen molar-refractivity contribution in [2.24, 2.45) is 0 Å². The fraction of sp³-hybridized carbons (Fsp3) is 0.333. The monoisotopic (exact) mass is 198 g/mol. The first-order chi connectivity index (χ1) is 6.04. The number of rotatable bonds is 3. The van der Waals surface area contributed by atoms with Crippen molar-refractivity contribution in [1.29, 1.82) is 0 Å². The first-order valence-corrected chi connectivity index (χ1v) is 5.92. The maximum Gasteiger partial charge on any atom is 0.192 e. The Bertz CT molecular complexity index is 367. The van der Waals surface area contributed by atoms with Crippen LogP contribution in [-0.4, -0.2) is 19.7 Å². The van der Waals surface area contributed by atoms with Crippen LogP contribution in [-0.2, 0) is 9.84 Å². The van der Waals surface area contributed by atoms with Crippen LogP contribution >= 0.6 is 0 Å². The van der Waals surface area contributed by atoms with Crippen molar-refractivity contribution in [2.45, 2.75) is 18.4 Å². The average Bonchev–Trinajstić information content (AvgIpc) is 2.04. The highest BCUT2D eigenvalue weighted by Crippen LogP contribution is 2.08. The fourth-order valence-corrected chi connectivity index (χ4v) is 1.53. The molecule has 0 aliphatic rings. The highest BCUT2D eigenvalue weighted by atomic mass is 32.2. The number of hydrogen-bond acceptors (Lipinski definition) is 3. The van der Waals surface area contributed by atoms with E-state index in [-0.39, 0.29) is 5.03 Å². The van der Waals surface area contributed by atoms with E-state index in [1.807, 2.05) is 13.3 Å². The van der Waals surface area contributed by atoms with Crippen LogP contribution in [0.25, 0.3) is 0 Å². The predicted octanol–water partition coefficient (Wildman–Crippen LogP) is 1.45.